The standard InChI is InChI=1S/C24H25N3O3/c28-23(18-30-22-6-2-1-3-7-22)27-16-12-20(13-17-27)25-24(29)19-8-10-21(11-9-19)26-14-4-5-15-26/h1-11,14-15,20H,12-13,16-18H2,(H,25,29). The molecule has 1 fully saturated rings. The number of hydrogen-bond acceptors (Lipinski definition) is 3. The van der Waals surface area contributed by atoms with Crippen LogP contribution in [0, 0.1) is 0 Å². The van der Waals surface area contributed by atoms with Crippen molar-refractivity contribution >= 4 is 11.8 Å². The van der Waals surface area contributed by atoms with Crippen LogP contribution in [0.4, 0.5) is 0 Å². The molecular formula is C24H25N3O3. The van der Waals surface area contributed by atoms with Crippen molar-refractivity contribution in [1.29, 1.82) is 0 Å². The summed E-state index contributed by atoms with van der Waals surface area (Å²) in [6, 6.07) is 20.9. The predicted octanol–water partition coefficient (Wildman–Crippen LogP) is 3.28. The maximum Gasteiger partial charge on any atom is 0.260 e. The molecule has 0 spiro atoms. The molecule has 2 aromatic carbocycles. The van der Waals surface area contributed by atoms with E-state index < -0.39 is 0 Å². The summed E-state index contributed by atoms with van der Waals surface area (Å²) in [5.74, 6) is 0.589. The second-order valence-electron chi connectivity index (χ2n) is 7.37. The minimum Gasteiger partial charge on any atom is -0.484 e. The number of ether oxygens (including phenoxy) is 1. The molecule has 1 N–H and O–H groups in total. The van der Waals surface area contributed by atoms with Crippen LogP contribution in [0.5, 0.6) is 5.75 Å². The summed E-state index contributed by atoms with van der Waals surface area (Å²) in [6.07, 6.45) is 5.42. The minimum atomic E-state index is -0.0776. The Labute approximate surface area is 176 Å². The number of carbonyl (C=O) groups is 2. The third-order valence-corrected chi connectivity index (χ3v) is 5.32. The average Bonchev–Trinajstić information content (AvgIpc) is 3.34. The molecule has 0 atom stereocenters. The zero-order valence-corrected chi connectivity index (χ0v) is 16.7. The Balaban J connectivity index is 1.23. The van der Waals surface area contributed by atoms with Crippen molar-refractivity contribution in [2.45, 2.75) is 18.9 Å². The van der Waals surface area contributed by atoms with Crippen molar-refractivity contribution in [2.24, 2.45) is 0 Å². The Morgan fingerprint density at radius 2 is 1.57 bits per heavy atom. The zero-order chi connectivity index (χ0) is 20.8. The molecular weight excluding hydrogens is 378 g/mol. The number of nitrogens with one attached hydrogen (secondary N) is 1. The molecule has 2 heterocycles. The Morgan fingerprint density at radius 1 is 0.900 bits per heavy atom. The van der Waals surface area contributed by atoms with Gasteiger partial charge in [0.25, 0.3) is 11.8 Å². The quantitative estimate of drug-likeness (QED) is 0.687. The molecule has 154 valence electrons. The Kier molecular flexibility index (Phi) is 6.13. The number of likely N-dealkylation sites (tertiary alicyclic amines) is 1. The van der Waals surface area contributed by atoms with Crippen LogP contribution in [0.1, 0.15) is 23.2 Å². The number of nitrogens with zero attached hydrogens (tertiary/aromatic N) is 2. The number of piperidine rings is 1. The molecule has 0 unspecified atom stereocenters. The Hall–Kier alpha value is -3.54. The lowest BCUT2D eigenvalue weighted by Gasteiger charge is -2.32. The van der Waals surface area contributed by atoms with Crippen molar-refractivity contribution in [1.82, 2.24) is 14.8 Å². The van der Waals surface area contributed by atoms with E-state index in [-0.39, 0.29) is 24.5 Å². The molecule has 0 radical (unpaired) electrons. The van der Waals surface area contributed by atoms with Gasteiger partial charge in [0.05, 0.1) is 0 Å². The SMILES string of the molecule is O=C(NC1CCN(C(=O)COc2ccccc2)CC1)c1ccc(-n2cccc2)cc1. The molecule has 1 aliphatic heterocycles. The monoisotopic (exact) mass is 403 g/mol. The van der Waals surface area contributed by atoms with Gasteiger partial charge in [-0.15, -0.1) is 0 Å². The average molecular weight is 403 g/mol. The van der Waals surface area contributed by atoms with E-state index in [0.29, 0.717) is 24.4 Å². The van der Waals surface area contributed by atoms with E-state index in [0.717, 1.165) is 18.5 Å². The van der Waals surface area contributed by atoms with Crippen molar-refractivity contribution in [3.05, 3.63) is 84.7 Å². The summed E-state index contributed by atoms with van der Waals surface area (Å²) in [4.78, 5) is 26.7. The summed E-state index contributed by atoms with van der Waals surface area (Å²) < 4.78 is 7.54. The molecule has 1 saturated heterocycles. The number of amides is 2. The highest BCUT2D eigenvalue weighted by Crippen LogP contribution is 2.14. The van der Waals surface area contributed by atoms with Gasteiger partial charge in [-0.2, -0.15) is 0 Å². The predicted molar refractivity (Wildman–Crippen MR) is 115 cm³/mol. The highest BCUT2D eigenvalue weighted by Gasteiger charge is 2.24. The number of benzene rings is 2. The summed E-state index contributed by atoms with van der Waals surface area (Å²) in [5.41, 5.74) is 1.65. The van der Waals surface area contributed by atoms with E-state index in [1.807, 2.05) is 83.7 Å². The lowest BCUT2D eigenvalue weighted by Crippen LogP contribution is -2.47. The molecule has 30 heavy (non-hydrogen) atoms. The zero-order valence-electron chi connectivity index (χ0n) is 16.7. The maximum absolute atomic E-state index is 12.6. The van der Waals surface area contributed by atoms with E-state index >= 15 is 0 Å². The lowest BCUT2D eigenvalue weighted by atomic mass is 10.0. The van der Waals surface area contributed by atoms with E-state index in [1.165, 1.54) is 0 Å². The van der Waals surface area contributed by atoms with E-state index in [1.54, 1.807) is 4.90 Å². The van der Waals surface area contributed by atoms with Gasteiger partial charge in [0.15, 0.2) is 6.61 Å². The van der Waals surface area contributed by atoms with Gasteiger partial charge in [-0.05, 0) is 61.4 Å². The van der Waals surface area contributed by atoms with Crippen molar-refractivity contribution < 1.29 is 14.3 Å². The number of aromatic nitrogens is 1. The summed E-state index contributed by atoms with van der Waals surface area (Å²) >= 11 is 0. The van der Waals surface area contributed by atoms with Gasteiger partial charge in [-0.3, -0.25) is 9.59 Å². The number of hydrogen-bond donors (Lipinski definition) is 1. The lowest BCUT2D eigenvalue weighted by molar-refractivity contribution is -0.134. The highest BCUT2D eigenvalue weighted by molar-refractivity contribution is 5.94. The van der Waals surface area contributed by atoms with Crippen molar-refractivity contribution in [2.75, 3.05) is 19.7 Å². The topological polar surface area (TPSA) is 63.6 Å². The Morgan fingerprint density at radius 3 is 2.23 bits per heavy atom. The fraction of sp³-hybridized carbons (Fsp3) is 0.250. The smallest absolute Gasteiger partial charge is 0.260 e. The van der Waals surface area contributed by atoms with Crippen molar-refractivity contribution in [3.63, 3.8) is 0 Å². The fourth-order valence-corrected chi connectivity index (χ4v) is 3.59. The van der Waals surface area contributed by atoms with Gasteiger partial charge in [0.2, 0.25) is 0 Å². The van der Waals surface area contributed by atoms with Gasteiger partial charge < -0.3 is 19.5 Å². The molecule has 6 heteroatoms. The second-order valence-corrected chi connectivity index (χ2v) is 7.37. The number of rotatable bonds is 6. The number of para-hydroxylation sites is 1. The van der Waals surface area contributed by atoms with Crippen molar-refractivity contribution in [3.8, 4) is 11.4 Å². The first-order valence-corrected chi connectivity index (χ1v) is 10.2. The van der Waals surface area contributed by atoms with Gasteiger partial charge in [0.1, 0.15) is 5.75 Å². The summed E-state index contributed by atoms with van der Waals surface area (Å²) in [6.45, 7) is 1.28. The van der Waals surface area contributed by atoms with Gasteiger partial charge in [-0.1, -0.05) is 18.2 Å². The molecule has 1 aliphatic rings. The molecule has 3 aromatic rings. The summed E-state index contributed by atoms with van der Waals surface area (Å²) in [5, 5.41) is 3.09. The maximum atomic E-state index is 12.6. The van der Waals surface area contributed by atoms with Crippen LogP contribution >= 0.6 is 0 Å². The van der Waals surface area contributed by atoms with Crippen LogP contribution in [0.15, 0.2) is 79.1 Å². The molecule has 1 aromatic heterocycles. The van der Waals surface area contributed by atoms with Gasteiger partial charge in [-0.25, -0.2) is 0 Å². The second kappa shape index (κ2) is 9.31. The normalized spacial score (nSPS) is 14.3. The van der Waals surface area contributed by atoms with E-state index in [2.05, 4.69) is 5.32 Å². The minimum absolute atomic E-state index is 0.0239. The molecule has 0 saturated carbocycles. The fourth-order valence-electron chi connectivity index (χ4n) is 3.59. The first-order chi connectivity index (χ1) is 14.7. The molecule has 6 nitrogen and oxygen atoms in total. The third kappa shape index (κ3) is 4.89. The van der Waals surface area contributed by atoms with Crippen LogP contribution in [-0.2, 0) is 4.79 Å². The van der Waals surface area contributed by atoms with Crippen LogP contribution < -0.4 is 10.1 Å². The van der Waals surface area contributed by atoms with Crippen LogP contribution in [0.2, 0.25) is 0 Å². The third-order valence-electron chi connectivity index (χ3n) is 5.32. The molecule has 4 rings (SSSR count). The van der Waals surface area contributed by atoms with Crippen LogP contribution in [-0.4, -0.2) is 47.0 Å². The highest BCUT2D eigenvalue weighted by atomic mass is 16.5. The van der Waals surface area contributed by atoms with E-state index in [4.69, 9.17) is 4.74 Å². The molecule has 0 bridgehead atoms. The summed E-state index contributed by atoms with van der Waals surface area (Å²) in [7, 11) is 0. The Bertz CT molecular complexity index is 961. The van der Waals surface area contributed by atoms with Crippen LogP contribution in [0.3, 0.4) is 0 Å². The largest absolute Gasteiger partial charge is 0.484 e. The first-order valence-electron chi connectivity index (χ1n) is 10.2. The van der Waals surface area contributed by atoms with Gasteiger partial charge in [0, 0.05) is 42.8 Å². The van der Waals surface area contributed by atoms with Crippen LogP contribution in [0.25, 0.3) is 5.69 Å². The molecule has 0 aliphatic carbocycles. The van der Waals surface area contributed by atoms with E-state index in [9.17, 15) is 9.59 Å². The number of carbonyl (C=O) groups excluding carboxylic acids is 2. The first kappa shape index (κ1) is 19.8. The molecule has 2 amide bonds. The van der Waals surface area contributed by atoms with Gasteiger partial charge >= 0.3 is 0 Å².